The molecule has 1 aromatic heterocycles. The number of hydrogen-bond donors (Lipinski definition) is 1. The van der Waals surface area contributed by atoms with E-state index in [0.29, 0.717) is 17.2 Å². The van der Waals surface area contributed by atoms with Crippen LogP contribution in [0.4, 0.5) is 0 Å². The van der Waals surface area contributed by atoms with E-state index < -0.39 is 0 Å². The number of nitrogens with one attached hydrogen (secondary N) is 1. The lowest BCUT2D eigenvalue weighted by Gasteiger charge is -2.16. The molecule has 2 fully saturated rings. The lowest BCUT2D eigenvalue weighted by Crippen LogP contribution is -2.27. The number of aromatic amines is 1. The highest BCUT2D eigenvalue weighted by molar-refractivity contribution is 5.90. The molecule has 23 heavy (non-hydrogen) atoms. The van der Waals surface area contributed by atoms with E-state index in [4.69, 9.17) is 4.74 Å². The second-order valence-corrected chi connectivity index (χ2v) is 6.26. The molecular formula is C17H16N2O4. The summed E-state index contributed by atoms with van der Waals surface area (Å²) in [5, 5.41) is 2.44. The van der Waals surface area contributed by atoms with Gasteiger partial charge in [-0.1, -0.05) is 6.07 Å². The van der Waals surface area contributed by atoms with Gasteiger partial charge in [0.1, 0.15) is 5.60 Å². The Labute approximate surface area is 131 Å². The molecule has 1 aromatic carbocycles. The van der Waals surface area contributed by atoms with Gasteiger partial charge in [-0.3, -0.25) is 14.7 Å². The molecule has 2 aromatic rings. The Kier molecular flexibility index (Phi) is 3.01. The van der Waals surface area contributed by atoms with E-state index >= 15 is 0 Å². The summed E-state index contributed by atoms with van der Waals surface area (Å²) in [6, 6.07) is 8.89. The van der Waals surface area contributed by atoms with E-state index in [1.54, 1.807) is 24.3 Å². The molecule has 6 nitrogen and oxygen atoms in total. The number of carbonyl (C=O) groups is 1. The minimum atomic E-state index is -0.386. The topological polar surface area (TPSA) is 81.2 Å². The van der Waals surface area contributed by atoms with Crippen molar-refractivity contribution in [3.63, 3.8) is 0 Å². The van der Waals surface area contributed by atoms with Crippen LogP contribution in [0.3, 0.4) is 0 Å². The molecule has 0 spiro atoms. The monoisotopic (exact) mass is 312 g/mol. The molecule has 118 valence electrons. The summed E-state index contributed by atoms with van der Waals surface area (Å²) in [7, 11) is 0. The van der Waals surface area contributed by atoms with Crippen LogP contribution in [0.1, 0.15) is 36.0 Å². The predicted octanol–water partition coefficient (Wildman–Crippen LogP) is 1.63. The fourth-order valence-corrected chi connectivity index (χ4v) is 2.96. The van der Waals surface area contributed by atoms with Gasteiger partial charge < -0.3 is 4.74 Å². The van der Waals surface area contributed by atoms with E-state index in [-0.39, 0.29) is 22.7 Å². The molecule has 2 saturated carbocycles. The van der Waals surface area contributed by atoms with E-state index in [1.807, 2.05) is 0 Å². The second-order valence-electron chi connectivity index (χ2n) is 6.26. The number of benzene rings is 1. The molecule has 1 N–H and O–H groups in total. The van der Waals surface area contributed by atoms with Crippen molar-refractivity contribution in [1.29, 1.82) is 0 Å². The quantitative estimate of drug-likeness (QED) is 0.870. The third-order valence-corrected chi connectivity index (χ3v) is 4.52. The summed E-state index contributed by atoms with van der Waals surface area (Å²) >= 11 is 0. The minimum Gasteiger partial charge on any atom is -0.455 e. The van der Waals surface area contributed by atoms with Crippen LogP contribution in [0, 0.1) is 5.92 Å². The summed E-state index contributed by atoms with van der Waals surface area (Å²) in [4.78, 5) is 35.7. The van der Waals surface area contributed by atoms with Crippen molar-refractivity contribution in [3.8, 4) is 5.69 Å². The van der Waals surface area contributed by atoms with Gasteiger partial charge in [0, 0.05) is 12.1 Å². The zero-order valence-electron chi connectivity index (χ0n) is 12.5. The van der Waals surface area contributed by atoms with Gasteiger partial charge in [0.15, 0.2) is 0 Å². The summed E-state index contributed by atoms with van der Waals surface area (Å²) in [5.74, 6) is 0.144. The minimum absolute atomic E-state index is 0.245. The maximum atomic E-state index is 12.4. The highest BCUT2D eigenvalue weighted by Gasteiger charge is 2.57. The first-order chi connectivity index (χ1) is 11.1. The largest absolute Gasteiger partial charge is 0.455 e. The first kappa shape index (κ1) is 14.0. The first-order valence-electron chi connectivity index (χ1n) is 7.74. The standard InChI is InChI=1S/C17H16N2O4/c20-14-6-7-15(21)19(18-14)13-3-1-2-11(10-13)16(22)23-17(8-9-17)12-4-5-12/h1-3,6-7,10,12H,4-5,8-9H2,(H,18,20). The predicted molar refractivity (Wildman–Crippen MR) is 82.8 cm³/mol. The molecular weight excluding hydrogens is 296 g/mol. The fraction of sp³-hybridized carbons (Fsp3) is 0.353. The maximum Gasteiger partial charge on any atom is 0.338 e. The van der Waals surface area contributed by atoms with E-state index in [1.165, 1.54) is 12.1 Å². The van der Waals surface area contributed by atoms with Crippen molar-refractivity contribution in [2.75, 3.05) is 0 Å². The molecule has 0 amide bonds. The van der Waals surface area contributed by atoms with Crippen LogP contribution in [-0.2, 0) is 4.74 Å². The van der Waals surface area contributed by atoms with Crippen molar-refractivity contribution in [2.45, 2.75) is 31.3 Å². The molecule has 0 saturated heterocycles. The Morgan fingerprint density at radius 1 is 1.17 bits per heavy atom. The maximum absolute atomic E-state index is 12.4. The number of ether oxygens (including phenoxy) is 1. The average Bonchev–Trinajstić information content (AvgIpc) is 3.43. The summed E-state index contributed by atoms with van der Waals surface area (Å²) in [5.41, 5.74) is -0.190. The number of H-pyrrole nitrogens is 1. The Morgan fingerprint density at radius 2 is 1.96 bits per heavy atom. The van der Waals surface area contributed by atoms with Gasteiger partial charge >= 0.3 is 5.97 Å². The van der Waals surface area contributed by atoms with Gasteiger partial charge in [-0.05, 0) is 49.8 Å². The van der Waals surface area contributed by atoms with Gasteiger partial charge in [-0.15, -0.1) is 0 Å². The van der Waals surface area contributed by atoms with Gasteiger partial charge in [-0.2, -0.15) is 0 Å². The smallest absolute Gasteiger partial charge is 0.338 e. The lowest BCUT2D eigenvalue weighted by atomic mass is 10.2. The SMILES string of the molecule is O=C(OC1(C2CC2)CC1)c1cccc(-n2[nH]c(=O)ccc2=O)c1. The summed E-state index contributed by atoms with van der Waals surface area (Å²) < 4.78 is 6.82. The van der Waals surface area contributed by atoms with Crippen LogP contribution in [-0.4, -0.2) is 21.4 Å². The fourth-order valence-electron chi connectivity index (χ4n) is 2.96. The van der Waals surface area contributed by atoms with Crippen LogP contribution in [0.15, 0.2) is 46.0 Å². The average molecular weight is 312 g/mol. The molecule has 0 atom stereocenters. The zero-order valence-corrected chi connectivity index (χ0v) is 12.5. The second kappa shape index (κ2) is 4.94. The molecule has 2 aliphatic rings. The van der Waals surface area contributed by atoms with Gasteiger partial charge in [-0.25, -0.2) is 9.48 Å². The molecule has 0 bridgehead atoms. The highest BCUT2D eigenvalue weighted by Crippen LogP contribution is 2.56. The molecule has 0 unspecified atom stereocenters. The number of carbonyl (C=O) groups excluding carboxylic acids is 1. The van der Waals surface area contributed by atoms with E-state index in [2.05, 4.69) is 5.10 Å². The Hall–Kier alpha value is -2.63. The van der Waals surface area contributed by atoms with E-state index in [0.717, 1.165) is 30.4 Å². The third kappa shape index (κ3) is 2.60. The van der Waals surface area contributed by atoms with Crippen molar-refractivity contribution >= 4 is 5.97 Å². The Bertz CT molecular complexity index is 888. The normalized spacial score (nSPS) is 18.4. The van der Waals surface area contributed by atoms with Crippen LogP contribution < -0.4 is 11.1 Å². The number of esters is 1. The van der Waals surface area contributed by atoms with Crippen LogP contribution >= 0.6 is 0 Å². The van der Waals surface area contributed by atoms with Gasteiger partial charge in [0.2, 0.25) is 0 Å². The van der Waals surface area contributed by atoms with Gasteiger partial charge in [0.25, 0.3) is 11.1 Å². The molecule has 6 heteroatoms. The van der Waals surface area contributed by atoms with Crippen molar-refractivity contribution in [2.24, 2.45) is 5.92 Å². The molecule has 2 aliphatic carbocycles. The third-order valence-electron chi connectivity index (χ3n) is 4.52. The van der Waals surface area contributed by atoms with Crippen LogP contribution in [0.25, 0.3) is 5.69 Å². The van der Waals surface area contributed by atoms with Crippen molar-refractivity contribution < 1.29 is 9.53 Å². The van der Waals surface area contributed by atoms with Gasteiger partial charge in [0.05, 0.1) is 11.3 Å². The molecule has 0 radical (unpaired) electrons. The highest BCUT2D eigenvalue weighted by atomic mass is 16.6. The summed E-state index contributed by atoms with van der Waals surface area (Å²) in [6.45, 7) is 0. The lowest BCUT2D eigenvalue weighted by molar-refractivity contribution is 0.0160. The van der Waals surface area contributed by atoms with Crippen molar-refractivity contribution in [3.05, 3.63) is 62.7 Å². The molecule has 4 rings (SSSR count). The number of aromatic nitrogens is 2. The zero-order chi connectivity index (χ0) is 16.0. The Morgan fingerprint density at radius 3 is 2.65 bits per heavy atom. The molecule has 0 aliphatic heterocycles. The first-order valence-corrected chi connectivity index (χ1v) is 7.74. The van der Waals surface area contributed by atoms with E-state index in [9.17, 15) is 14.4 Å². The van der Waals surface area contributed by atoms with Crippen molar-refractivity contribution in [1.82, 2.24) is 9.78 Å². The summed E-state index contributed by atoms with van der Waals surface area (Å²) in [6.07, 6.45) is 4.14. The molecule has 1 heterocycles. The van der Waals surface area contributed by atoms with Crippen LogP contribution in [0.2, 0.25) is 0 Å². The number of hydrogen-bond acceptors (Lipinski definition) is 4. The Balaban J connectivity index is 1.63. The number of rotatable bonds is 4. The number of nitrogens with zero attached hydrogens (tertiary/aromatic N) is 1. The van der Waals surface area contributed by atoms with Crippen LogP contribution in [0.5, 0.6) is 0 Å².